The Morgan fingerprint density at radius 3 is 2.06 bits per heavy atom. The van der Waals surface area contributed by atoms with Gasteiger partial charge in [0, 0.05) is 18.2 Å². The smallest absolute Gasteiger partial charge is 0.251 e. The molecule has 5 heteroatoms. The Kier molecular flexibility index (Phi) is 10.3. The molecule has 2 rings (SSSR count). The van der Waals surface area contributed by atoms with E-state index in [4.69, 9.17) is 14.2 Å². The predicted molar refractivity (Wildman–Crippen MR) is 139 cm³/mol. The molecule has 0 atom stereocenters. The molecule has 0 fully saturated rings. The van der Waals surface area contributed by atoms with Gasteiger partial charge < -0.3 is 19.5 Å². The second-order valence-electron chi connectivity index (χ2n) is 9.87. The minimum Gasteiger partial charge on any atom is -0.494 e. The fourth-order valence-corrected chi connectivity index (χ4v) is 3.27. The Balaban J connectivity index is 1.93. The number of amides is 1. The zero-order chi connectivity index (χ0) is 25.2. The molecule has 0 aliphatic rings. The molecule has 0 saturated heterocycles. The molecule has 0 bridgehead atoms. The summed E-state index contributed by atoms with van der Waals surface area (Å²) in [6, 6.07) is 13.4. The summed E-state index contributed by atoms with van der Waals surface area (Å²) in [4.78, 5) is 12.4. The molecule has 0 unspecified atom stereocenters. The van der Waals surface area contributed by atoms with Crippen LogP contribution < -0.4 is 19.5 Å². The number of rotatable bonds is 14. The van der Waals surface area contributed by atoms with Crippen molar-refractivity contribution in [2.75, 3.05) is 13.2 Å². The highest BCUT2D eigenvalue weighted by Gasteiger charge is 2.21. The van der Waals surface area contributed by atoms with Crippen molar-refractivity contribution < 1.29 is 19.0 Å². The van der Waals surface area contributed by atoms with Crippen LogP contribution >= 0.6 is 0 Å². The van der Waals surface area contributed by atoms with E-state index in [1.165, 1.54) is 5.56 Å². The van der Waals surface area contributed by atoms with E-state index in [0.717, 1.165) is 49.4 Å². The van der Waals surface area contributed by atoms with E-state index < -0.39 is 0 Å². The lowest BCUT2D eigenvalue weighted by Crippen LogP contribution is -2.28. The highest BCUT2D eigenvalue weighted by Crippen LogP contribution is 2.32. The van der Waals surface area contributed by atoms with E-state index >= 15 is 0 Å². The molecule has 0 aromatic heterocycles. The number of aryl methyl sites for hydroxylation is 1. The van der Waals surface area contributed by atoms with E-state index in [1.807, 2.05) is 31.2 Å². The number of ether oxygens (including phenoxy) is 3. The van der Waals surface area contributed by atoms with Crippen LogP contribution in [0.25, 0.3) is 0 Å². The SMILES string of the molecule is CCOc1ccc(C(=O)NCCCCc2ccc(OC(C)(C)CC)cc2OC(C)(C)CC)cc1. The number of hydrogen-bond acceptors (Lipinski definition) is 4. The number of hydrogen-bond donors (Lipinski definition) is 1. The minimum absolute atomic E-state index is 0.0585. The van der Waals surface area contributed by atoms with Gasteiger partial charge >= 0.3 is 0 Å². The quantitative estimate of drug-likeness (QED) is 0.303. The van der Waals surface area contributed by atoms with Crippen molar-refractivity contribution >= 4 is 5.91 Å². The minimum atomic E-state index is -0.251. The van der Waals surface area contributed by atoms with Crippen LogP contribution in [-0.4, -0.2) is 30.3 Å². The lowest BCUT2D eigenvalue weighted by molar-refractivity contribution is 0.0941. The maximum Gasteiger partial charge on any atom is 0.251 e. The zero-order valence-corrected chi connectivity index (χ0v) is 22.1. The van der Waals surface area contributed by atoms with Crippen LogP contribution in [0.4, 0.5) is 0 Å². The van der Waals surface area contributed by atoms with Crippen LogP contribution in [0.3, 0.4) is 0 Å². The van der Waals surface area contributed by atoms with Gasteiger partial charge in [-0.1, -0.05) is 19.9 Å². The molecule has 0 spiro atoms. The van der Waals surface area contributed by atoms with Crippen LogP contribution in [-0.2, 0) is 6.42 Å². The first-order valence-corrected chi connectivity index (χ1v) is 12.6. The van der Waals surface area contributed by atoms with Gasteiger partial charge in [0.2, 0.25) is 0 Å². The third-order valence-corrected chi connectivity index (χ3v) is 6.11. The summed E-state index contributed by atoms with van der Waals surface area (Å²) in [6.45, 7) is 15.9. The van der Waals surface area contributed by atoms with Gasteiger partial charge in [0.15, 0.2) is 0 Å². The van der Waals surface area contributed by atoms with Gasteiger partial charge in [-0.05, 0) is 103 Å². The molecule has 2 aromatic rings. The van der Waals surface area contributed by atoms with Crippen LogP contribution in [0.5, 0.6) is 17.2 Å². The first kappa shape index (κ1) is 27.6. The van der Waals surface area contributed by atoms with Crippen molar-refractivity contribution in [3.63, 3.8) is 0 Å². The molecule has 188 valence electrons. The van der Waals surface area contributed by atoms with Crippen molar-refractivity contribution in [2.45, 2.75) is 91.8 Å². The summed E-state index contributed by atoms with van der Waals surface area (Å²) in [5.41, 5.74) is 1.34. The predicted octanol–water partition coefficient (Wildman–Crippen LogP) is 6.97. The molecule has 5 nitrogen and oxygen atoms in total. The molecular formula is C29H43NO4. The second-order valence-corrected chi connectivity index (χ2v) is 9.87. The molecule has 0 saturated carbocycles. The third-order valence-electron chi connectivity index (χ3n) is 6.11. The van der Waals surface area contributed by atoms with E-state index in [0.29, 0.717) is 18.7 Å². The van der Waals surface area contributed by atoms with Crippen molar-refractivity contribution in [1.29, 1.82) is 0 Å². The standard InChI is InChI=1S/C29H43NO4/c1-8-28(4,5)33-25-19-14-22(26(21-25)34-29(6,7)9-2)13-11-12-20-30-27(31)23-15-17-24(18-16-23)32-10-3/h14-19,21H,8-13,20H2,1-7H3,(H,30,31). The Bertz CT molecular complexity index is 903. The van der Waals surface area contributed by atoms with Crippen molar-refractivity contribution in [3.05, 3.63) is 53.6 Å². The Hall–Kier alpha value is -2.69. The van der Waals surface area contributed by atoms with Gasteiger partial charge in [0.1, 0.15) is 28.5 Å². The normalized spacial score (nSPS) is 11.7. The average Bonchev–Trinajstić information content (AvgIpc) is 2.80. The van der Waals surface area contributed by atoms with Crippen molar-refractivity contribution in [2.24, 2.45) is 0 Å². The Morgan fingerprint density at radius 2 is 1.44 bits per heavy atom. The number of nitrogens with one attached hydrogen (secondary N) is 1. The van der Waals surface area contributed by atoms with Gasteiger partial charge in [0.25, 0.3) is 5.91 Å². The number of benzene rings is 2. The largest absolute Gasteiger partial charge is 0.494 e. The number of carbonyl (C=O) groups is 1. The van der Waals surface area contributed by atoms with E-state index in [-0.39, 0.29) is 17.1 Å². The first-order chi connectivity index (χ1) is 16.1. The average molecular weight is 470 g/mol. The highest BCUT2D eigenvalue weighted by atomic mass is 16.5. The molecule has 1 amide bonds. The van der Waals surface area contributed by atoms with Crippen LogP contribution in [0.15, 0.2) is 42.5 Å². The maximum atomic E-state index is 12.4. The topological polar surface area (TPSA) is 56.8 Å². The first-order valence-electron chi connectivity index (χ1n) is 12.6. The number of unbranched alkanes of at least 4 members (excludes halogenated alkanes) is 1. The van der Waals surface area contributed by atoms with Gasteiger partial charge in [-0.15, -0.1) is 0 Å². The van der Waals surface area contributed by atoms with Crippen LogP contribution in [0, 0.1) is 0 Å². The van der Waals surface area contributed by atoms with Gasteiger partial charge in [-0.25, -0.2) is 0 Å². The van der Waals surface area contributed by atoms with Gasteiger partial charge in [0.05, 0.1) is 6.61 Å². The number of carbonyl (C=O) groups excluding carboxylic acids is 1. The molecule has 34 heavy (non-hydrogen) atoms. The van der Waals surface area contributed by atoms with Crippen molar-refractivity contribution in [1.82, 2.24) is 5.32 Å². The second kappa shape index (κ2) is 12.7. The van der Waals surface area contributed by atoms with Gasteiger partial charge in [-0.3, -0.25) is 4.79 Å². The van der Waals surface area contributed by atoms with E-state index in [9.17, 15) is 4.79 Å². The summed E-state index contributed by atoms with van der Waals surface area (Å²) in [6.07, 6.45) is 4.56. The molecule has 0 aliphatic heterocycles. The highest BCUT2D eigenvalue weighted by molar-refractivity contribution is 5.94. The monoisotopic (exact) mass is 469 g/mol. The van der Waals surface area contributed by atoms with Crippen LogP contribution in [0.1, 0.15) is 90.1 Å². The zero-order valence-electron chi connectivity index (χ0n) is 22.1. The summed E-state index contributed by atoms with van der Waals surface area (Å²) in [7, 11) is 0. The maximum absolute atomic E-state index is 12.4. The molecule has 0 radical (unpaired) electrons. The lowest BCUT2D eigenvalue weighted by atomic mass is 10.0. The van der Waals surface area contributed by atoms with Crippen LogP contribution in [0.2, 0.25) is 0 Å². The Labute approximate surface area is 206 Å². The third kappa shape index (κ3) is 8.92. The molecule has 2 aromatic carbocycles. The van der Waals surface area contributed by atoms with Crippen molar-refractivity contribution in [3.8, 4) is 17.2 Å². The Morgan fingerprint density at radius 1 is 0.824 bits per heavy atom. The van der Waals surface area contributed by atoms with Gasteiger partial charge in [-0.2, -0.15) is 0 Å². The summed E-state index contributed by atoms with van der Waals surface area (Å²) >= 11 is 0. The molecule has 1 N–H and O–H groups in total. The van der Waals surface area contributed by atoms with E-state index in [2.05, 4.69) is 52.9 Å². The molecular weight excluding hydrogens is 426 g/mol. The lowest BCUT2D eigenvalue weighted by Gasteiger charge is -2.29. The molecule has 0 aliphatic carbocycles. The van der Waals surface area contributed by atoms with E-state index in [1.54, 1.807) is 12.1 Å². The summed E-state index contributed by atoms with van der Waals surface area (Å²) in [5.74, 6) is 2.43. The molecule has 0 heterocycles. The fraction of sp³-hybridized carbons (Fsp3) is 0.552. The summed E-state index contributed by atoms with van der Waals surface area (Å²) < 4.78 is 18.0. The summed E-state index contributed by atoms with van der Waals surface area (Å²) in [5, 5.41) is 3.01. The fourth-order valence-electron chi connectivity index (χ4n) is 3.27.